The van der Waals surface area contributed by atoms with Crippen LogP contribution in [0.2, 0.25) is 0 Å². The number of carboxylic acids is 1. The van der Waals surface area contributed by atoms with E-state index in [0.717, 1.165) is 6.07 Å². The van der Waals surface area contributed by atoms with Crippen molar-refractivity contribution < 1.29 is 23.9 Å². The molecule has 3 N–H and O–H groups in total. The van der Waals surface area contributed by atoms with Gasteiger partial charge in [0, 0.05) is 12.0 Å². The first-order chi connectivity index (χ1) is 11.2. The standard InChI is InChI=1S/C17H23FN2O4/c1-4-5-14(17(23)24)20-16(22)11-6-7-13(12(18)9-11)19-15(21)8-10(2)3/h6-7,9-10,14H,4-5,8H2,1-3H3,(H,19,21)(H,20,22)(H,23,24). The molecule has 132 valence electrons. The van der Waals surface area contributed by atoms with E-state index in [9.17, 15) is 18.8 Å². The zero-order chi connectivity index (χ0) is 18.3. The molecule has 0 radical (unpaired) electrons. The SMILES string of the molecule is CCCC(NC(=O)c1ccc(NC(=O)CC(C)C)c(F)c1)C(=O)O. The third-order valence-electron chi connectivity index (χ3n) is 3.28. The van der Waals surface area contributed by atoms with Crippen LogP contribution in [0.5, 0.6) is 0 Å². The highest BCUT2D eigenvalue weighted by atomic mass is 19.1. The molecule has 6 nitrogen and oxygen atoms in total. The number of hydrogen-bond acceptors (Lipinski definition) is 3. The first kappa shape index (κ1) is 19.6. The van der Waals surface area contributed by atoms with Crippen LogP contribution in [0.4, 0.5) is 10.1 Å². The Morgan fingerprint density at radius 2 is 1.92 bits per heavy atom. The van der Waals surface area contributed by atoms with Crippen molar-refractivity contribution in [3.8, 4) is 0 Å². The summed E-state index contributed by atoms with van der Waals surface area (Å²) in [6.45, 7) is 5.55. The topological polar surface area (TPSA) is 95.5 Å². The minimum atomic E-state index is -1.14. The van der Waals surface area contributed by atoms with Gasteiger partial charge in [-0.1, -0.05) is 27.2 Å². The van der Waals surface area contributed by atoms with Crippen molar-refractivity contribution in [1.82, 2.24) is 5.32 Å². The van der Waals surface area contributed by atoms with Gasteiger partial charge in [0.25, 0.3) is 5.91 Å². The van der Waals surface area contributed by atoms with Gasteiger partial charge in [0.05, 0.1) is 5.69 Å². The summed E-state index contributed by atoms with van der Waals surface area (Å²) in [5.74, 6) is -2.72. The molecule has 1 unspecified atom stereocenters. The molecule has 1 rings (SSSR count). The fourth-order valence-corrected chi connectivity index (χ4v) is 2.12. The van der Waals surface area contributed by atoms with Crippen molar-refractivity contribution in [2.45, 2.75) is 46.1 Å². The molecule has 0 heterocycles. The van der Waals surface area contributed by atoms with Crippen LogP contribution in [-0.2, 0) is 9.59 Å². The largest absolute Gasteiger partial charge is 0.480 e. The Hall–Kier alpha value is -2.44. The number of amides is 2. The molecule has 1 aromatic rings. The average molecular weight is 338 g/mol. The van der Waals surface area contributed by atoms with E-state index < -0.39 is 23.7 Å². The summed E-state index contributed by atoms with van der Waals surface area (Å²) >= 11 is 0. The van der Waals surface area contributed by atoms with Crippen LogP contribution < -0.4 is 10.6 Å². The molecule has 0 bridgehead atoms. The molecule has 7 heteroatoms. The third-order valence-corrected chi connectivity index (χ3v) is 3.28. The molecule has 0 fully saturated rings. The number of rotatable bonds is 8. The first-order valence-electron chi connectivity index (χ1n) is 7.87. The quantitative estimate of drug-likeness (QED) is 0.679. The Kier molecular flexibility index (Phi) is 7.35. The van der Waals surface area contributed by atoms with Gasteiger partial charge >= 0.3 is 5.97 Å². The summed E-state index contributed by atoms with van der Waals surface area (Å²) in [4.78, 5) is 34.8. The summed E-state index contributed by atoms with van der Waals surface area (Å²) < 4.78 is 14.0. The van der Waals surface area contributed by atoms with E-state index in [1.165, 1.54) is 12.1 Å². The zero-order valence-electron chi connectivity index (χ0n) is 14.1. The van der Waals surface area contributed by atoms with Crippen LogP contribution in [0.15, 0.2) is 18.2 Å². The second kappa shape index (κ2) is 9.00. The van der Waals surface area contributed by atoms with E-state index in [1.54, 1.807) is 6.92 Å². The molecule has 2 amide bonds. The maximum atomic E-state index is 14.0. The minimum Gasteiger partial charge on any atom is -0.480 e. The maximum Gasteiger partial charge on any atom is 0.326 e. The van der Waals surface area contributed by atoms with Crippen molar-refractivity contribution in [2.75, 3.05) is 5.32 Å². The molecule has 24 heavy (non-hydrogen) atoms. The van der Waals surface area contributed by atoms with Crippen LogP contribution in [0.1, 0.15) is 50.4 Å². The molecule has 0 aliphatic carbocycles. The fraction of sp³-hybridized carbons (Fsp3) is 0.471. The van der Waals surface area contributed by atoms with Crippen LogP contribution in [0.3, 0.4) is 0 Å². The molecule has 0 aliphatic rings. The highest BCUT2D eigenvalue weighted by Crippen LogP contribution is 2.17. The molecule has 0 spiro atoms. The first-order valence-corrected chi connectivity index (χ1v) is 7.87. The number of carbonyl (C=O) groups is 3. The van der Waals surface area contributed by atoms with E-state index in [2.05, 4.69) is 10.6 Å². The van der Waals surface area contributed by atoms with Crippen molar-refractivity contribution in [3.05, 3.63) is 29.6 Å². The number of carbonyl (C=O) groups excluding carboxylic acids is 2. The number of hydrogen-bond donors (Lipinski definition) is 3. The number of anilines is 1. The number of carboxylic acid groups (broad SMARTS) is 1. The van der Waals surface area contributed by atoms with Gasteiger partial charge in [-0.25, -0.2) is 9.18 Å². The van der Waals surface area contributed by atoms with Gasteiger partial charge < -0.3 is 15.7 Å². The van der Waals surface area contributed by atoms with Gasteiger partial charge in [-0.05, 0) is 30.5 Å². The number of aliphatic carboxylic acids is 1. The van der Waals surface area contributed by atoms with Gasteiger partial charge in [0.15, 0.2) is 0 Å². The van der Waals surface area contributed by atoms with Crippen LogP contribution in [0, 0.1) is 11.7 Å². The van der Waals surface area contributed by atoms with Crippen LogP contribution >= 0.6 is 0 Å². The lowest BCUT2D eigenvalue weighted by Gasteiger charge is -2.14. The zero-order valence-corrected chi connectivity index (χ0v) is 14.1. The predicted molar refractivity (Wildman–Crippen MR) is 88.3 cm³/mol. The van der Waals surface area contributed by atoms with Crippen molar-refractivity contribution in [3.63, 3.8) is 0 Å². The Morgan fingerprint density at radius 3 is 2.42 bits per heavy atom. The Labute approximate surface area is 140 Å². The van der Waals surface area contributed by atoms with E-state index in [0.29, 0.717) is 6.42 Å². The predicted octanol–water partition coefficient (Wildman–Crippen LogP) is 2.79. The summed E-state index contributed by atoms with van der Waals surface area (Å²) in [5.41, 5.74) is -0.0164. The lowest BCUT2D eigenvalue weighted by molar-refractivity contribution is -0.139. The van der Waals surface area contributed by atoms with Crippen molar-refractivity contribution in [2.24, 2.45) is 5.92 Å². The lowest BCUT2D eigenvalue weighted by atomic mass is 10.1. The van der Waals surface area contributed by atoms with Gasteiger partial charge in [-0.15, -0.1) is 0 Å². The highest BCUT2D eigenvalue weighted by Gasteiger charge is 2.20. The van der Waals surface area contributed by atoms with E-state index in [1.807, 2.05) is 13.8 Å². The molecule has 1 aromatic carbocycles. The smallest absolute Gasteiger partial charge is 0.326 e. The van der Waals surface area contributed by atoms with Crippen LogP contribution in [0.25, 0.3) is 0 Å². The second-order valence-corrected chi connectivity index (χ2v) is 5.99. The molecular formula is C17H23FN2O4. The van der Waals surface area contributed by atoms with E-state index in [-0.39, 0.29) is 35.9 Å². The normalized spacial score (nSPS) is 11.9. The lowest BCUT2D eigenvalue weighted by Crippen LogP contribution is -2.40. The van der Waals surface area contributed by atoms with Crippen molar-refractivity contribution in [1.29, 1.82) is 0 Å². The molecule has 0 saturated heterocycles. The second-order valence-electron chi connectivity index (χ2n) is 5.99. The third kappa shape index (κ3) is 5.98. The number of halogens is 1. The molecule has 1 atom stereocenters. The maximum absolute atomic E-state index is 14.0. The minimum absolute atomic E-state index is 0.00304. The molecule has 0 saturated carbocycles. The Morgan fingerprint density at radius 1 is 1.25 bits per heavy atom. The van der Waals surface area contributed by atoms with Crippen LogP contribution in [-0.4, -0.2) is 28.9 Å². The Bertz CT molecular complexity index is 617. The molecular weight excluding hydrogens is 315 g/mol. The van der Waals surface area contributed by atoms with Gasteiger partial charge in [-0.3, -0.25) is 9.59 Å². The van der Waals surface area contributed by atoms with Gasteiger partial charge in [-0.2, -0.15) is 0 Å². The van der Waals surface area contributed by atoms with E-state index in [4.69, 9.17) is 5.11 Å². The van der Waals surface area contributed by atoms with E-state index >= 15 is 0 Å². The van der Waals surface area contributed by atoms with Gasteiger partial charge in [0.1, 0.15) is 11.9 Å². The average Bonchev–Trinajstić information content (AvgIpc) is 2.47. The number of benzene rings is 1. The monoisotopic (exact) mass is 338 g/mol. The summed E-state index contributed by atoms with van der Waals surface area (Å²) in [6.07, 6.45) is 1.14. The summed E-state index contributed by atoms with van der Waals surface area (Å²) in [5, 5.41) is 13.8. The summed E-state index contributed by atoms with van der Waals surface area (Å²) in [7, 11) is 0. The molecule has 0 aromatic heterocycles. The highest BCUT2D eigenvalue weighted by molar-refractivity contribution is 5.97. The Balaban J connectivity index is 2.81. The fourth-order valence-electron chi connectivity index (χ4n) is 2.12. The molecule has 0 aliphatic heterocycles. The summed E-state index contributed by atoms with van der Waals surface area (Å²) in [6, 6.07) is 2.59. The van der Waals surface area contributed by atoms with Crippen molar-refractivity contribution >= 4 is 23.5 Å². The van der Waals surface area contributed by atoms with Gasteiger partial charge in [0.2, 0.25) is 5.91 Å². The number of nitrogens with one attached hydrogen (secondary N) is 2.